The van der Waals surface area contributed by atoms with E-state index in [1.807, 2.05) is 18.4 Å². The van der Waals surface area contributed by atoms with Crippen molar-refractivity contribution in [3.05, 3.63) is 60.4 Å². The number of fused-ring (bicyclic) bond motifs is 3. The molecule has 1 atom stereocenters. The first-order valence-corrected chi connectivity index (χ1v) is 12.7. The second-order valence-corrected chi connectivity index (χ2v) is 8.61. The zero-order chi connectivity index (χ0) is 27.3. The van der Waals surface area contributed by atoms with Crippen LogP contribution in [-0.4, -0.2) is 46.8 Å². The van der Waals surface area contributed by atoms with Crippen molar-refractivity contribution in [3.8, 4) is 11.5 Å². The number of halogens is 3. The van der Waals surface area contributed by atoms with E-state index in [0.717, 1.165) is 31.4 Å². The number of hydroxylamine groups is 2. The number of carbonyl (C=O) groups excluding carboxylic acids is 1. The highest BCUT2D eigenvalue weighted by Gasteiger charge is 2.32. The van der Waals surface area contributed by atoms with Gasteiger partial charge in [0.25, 0.3) is 5.91 Å². The molecule has 1 N–H and O–H groups in total. The van der Waals surface area contributed by atoms with Crippen LogP contribution in [0.15, 0.2) is 49.2 Å². The first-order chi connectivity index (χ1) is 18.3. The minimum atomic E-state index is -4.56. The Bertz CT molecular complexity index is 1290. The Hall–Kier alpha value is -3.73. The molecule has 11 heteroatoms. The lowest BCUT2D eigenvalue weighted by molar-refractivity contribution is -0.137. The van der Waals surface area contributed by atoms with Gasteiger partial charge in [-0.25, -0.2) is 4.98 Å². The summed E-state index contributed by atoms with van der Waals surface area (Å²) in [5, 5.41) is 4.53. The molecule has 0 bridgehead atoms. The van der Waals surface area contributed by atoms with Gasteiger partial charge in [-0.15, -0.1) is 5.06 Å². The van der Waals surface area contributed by atoms with Crippen molar-refractivity contribution in [1.82, 2.24) is 14.6 Å². The summed E-state index contributed by atoms with van der Waals surface area (Å²) in [4.78, 5) is 23.3. The fourth-order valence-electron chi connectivity index (χ4n) is 4.64. The minimum absolute atomic E-state index is 0.123. The molecule has 2 aliphatic heterocycles. The molecule has 3 heterocycles. The second kappa shape index (κ2) is 11.8. The quantitative estimate of drug-likeness (QED) is 0.394. The summed E-state index contributed by atoms with van der Waals surface area (Å²) in [6.07, 6.45) is -0.632. The van der Waals surface area contributed by atoms with Gasteiger partial charge >= 0.3 is 6.18 Å². The number of hydrogen-bond donors (Lipinski definition) is 1. The maximum Gasteiger partial charge on any atom is 0.416 e. The number of rotatable bonds is 5. The SMILES string of the molecule is C=CON1CCCCC(n2c(NC(=O)c3cccc(C(F)(F)F)c3)nc3ccc4c(c32)OCCO4)C1.CC. The van der Waals surface area contributed by atoms with E-state index >= 15 is 0 Å². The lowest BCUT2D eigenvalue weighted by Crippen LogP contribution is -2.29. The zero-order valence-electron chi connectivity index (χ0n) is 21.4. The molecule has 1 aromatic heterocycles. The Morgan fingerprint density at radius 3 is 2.74 bits per heavy atom. The number of anilines is 1. The van der Waals surface area contributed by atoms with Crippen LogP contribution in [0.3, 0.4) is 0 Å². The number of nitrogens with one attached hydrogen (secondary N) is 1. The third kappa shape index (κ3) is 5.72. The maximum absolute atomic E-state index is 13.2. The summed E-state index contributed by atoms with van der Waals surface area (Å²) < 4.78 is 53.2. The largest absolute Gasteiger partial charge is 0.486 e. The Labute approximate surface area is 218 Å². The Kier molecular flexibility index (Phi) is 8.45. The maximum atomic E-state index is 13.2. The summed E-state index contributed by atoms with van der Waals surface area (Å²) >= 11 is 0. The number of nitrogens with zero attached hydrogens (tertiary/aromatic N) is 3. The van der Waals surface area contributed by atoms with E-state index in [-0.39, 0.29) is 17.6 Å². The van der Waals surface area contributed by atoms with Crippen LogP contribution >= 0.6 is 0 Å². The summed E-state index contributed by atoms with van der Waals surface area (Å²) in [5.41, 5.74) is 0.197. The number of aromatic nitrogens is 2. The van der Waals surface area contributed by atoms with Crippen molar-refractivity contribution >= 4 is 22.9 Å². The molecule has 8 nitrogen and oxygen atoms in total. The van der Waals surface area contributed by atoms with E-state index in [1.165, 1.54) is 18.4 Å². The number of imidazole rings is 1. The van der Waals surface area contributed by atoms with Crippen LogP contribution in [0.2, 0.25) is 0 Å². The number of hydrogen-bond acceptors (Lipinski definition) is 6. The minimum Gasteiger partial charge on any atom is -0.486 e. The summed E-state index contributed by atoms with van der Waals surface area (Å²) in [7, 11) is 0. The van der Waals surface area contributed by atoms with Crippen LogP contribution in [0, 0.1) is 0 Å². The number of alkyl halides is 3. The zero-order valence-corrected chi connectivity index (χ0v) is 21.4. The van der Waals surface area contributed by atoms with Gasteiger partial charge in [-0.3, -0.25) is 10.1 Å². The molecule has 204 valence electrons. The van der Waals surface area contributed by atoms with Crippen molar-refractivity contribution in [2.45, 2.75) is 45.3 Å². The molecule has 1 fully saturated rings. The lowest BCUT2D eigenvalue weighted by Gasteiger charge is -2.26. The van der Waals surface area contributed by atoms with Crippen molar-refractivity contribution in [1.29, 1.82) is 0 Å². The van der Waals surface area contributed by atoms with E-state index in [2.05, 4.69) is 16.9 Å². The van der Waals surface area contributed by atoms with Gasteiger partial charge in [0.05, 0.1) is 23.7 Å². The summed E-state index contributed by atoms with van der Waals surface area (Å²) in [6, 6.07) is 7.65. The molecule has 0 radical (unpaired) electrons. The molecule has 0 spiro atoms. The highest BCUT2D eigenvalue weighted by atomic mass is 19.4. The smallest absolute Gasteiger partial charge is 0.416 e. The van der Waals surface area contributed by atoms with Crippen molar-refractivity contribution < 1.29 is 32.3 Å². The molecular formula is C27H31F3N4O4. The van der Waals surface area contributed by atoms with Crippen molar-refractivity contribution in [2.75, 3.05) is 31.6 Å². The molecule has 38 heavy (non-hydrogen) atoms. The molecule has 3 aromatic rings. The topological polar surface area (TPSA) is 77.9 Å². The van der Waals surface area contributed by atoms with E-state index in [4.69, 9.17) is 14.3 Å². The molecule has 5 rings (SSSR count). The number of benzene rings is 2. The van der Waals surface area contributed by atoms with Crippen LogP contribution in [0.25, 0.3) is 11.0 Å². The first-order valence-electron chi connectivity index (χ1n) is 12.7. The summed E-state index contributed by atoms with van der Waals surface area (Å²) in [6.45, 7) is 9.60. The monoisotopic (exact) mass is 532 g/mol. The number of amides is 1. The molecule has 2 aromatic carbocycles. The van der Waals surface area contributed by atoms with Crippen LogP contribution in [0.4, 0.5) is 19.1 Å². The van der Waals surface area contributed by atoms with Crippen molar-refractivity contribution in [2.24, 2.45) is 0 Å². The van der Waals surface area contributed by atoms with Gasteiger partial charge in [0.2, 0.25) is 5.95 Å². The van der Waals surface area contributed by atoms with Crippen LogP contribution < -0.4 is 14.8 Å². The predicted molar refractivity (Wildman–Crippen MR) is 137 cm³/mol. The van der Waals surface area contributed by atoms with Crippen LogP contribution in [0.1, 0.15) is 55.1 Å². The molecule has 0 aliphatic carbocycles. The van der Waals surface area contributed by atoms with Gasteiger partial charge in [0.1, 0.15) is 25.0 Å². The van der Waals surface area contributed by atoms with Crippen molar-refractivity contribution in [3.63, 3.8) is 0 Å². The Morgan fingerprint density at radius 1 is 1.18 bits per heavy atom. The van der Waals surface area contributed by atoms with Crippen LogP contribution in [-0.2, 0) is 11.0 Å². The third-order valence-electron chi connectivity index (χ3n) is 6.23. The first kappa shape index (κ1) is 27.3. The van der Waals surface area contributed by atoms with E-state index in [9.17, 15) is 18.0 Å². The molecule has 1 amide bonds. The standard InChI is InChI=1S/C25H25F3N4O4.C2H6/c1-2-36-31-11-4-3-8-18(15-31)32-21-19(9-10-20-22(21)35-13-12-34-20)29-24(32)30-23(33)16-6-5-7-17(14-16)25(26,27)28;1-2/h2,5-7,9-10,14,18H,1,3-4,8,11-13,15H2,(H,29,30,33);1-2H3. The molecule has 2 aliphatic rings. The van der Waals surface area contributed by atoms with Gasteiger partial charge in [0.15, 0.2) is 11.5 Å². The van der Waals surface area contributed by atoms with E-state index < -0.39 is 17.6 Å². The van der Waals surface area contributed by atoms with Gasteiger partial charge in [-0.1, -0.05) is 26.5 Å². The molecule has 0 saturated carbocycles. The highest BCUT2D eigenvalue weighted by molar-refractivity contribution is 6.04. The lowest BCUT2D eigenvalue weighted by atomic mass is 10.1. The van der Waals surface area contributed by atoms with Crippen LogP contribution in [0.5, 0.6) is 11.5 Å². The van der Waals surface area contributed by atoms with Gasteiger partial charge < -0.3 is 18.9 Å². The average molecular weight is 533 g/mol. The second-order valence-electron chi connectivity index (χ2n) is 8.61. The normalized spacial score (nSPS) is 17.7. The number of ether oxygens (including phenoxy) is 2. The Balaban J connectivity index is 0.00000164. The average Bonchev–Trinajstić information content (AvgIpc) is 3.13. The number of carbonyl (C=O) groups is 1. The van der Waals surface area contributed by atoms with E-state index in [1.54, 1.807) is 17.2 Å². The Morgan fingerprint density at radius 2 is 1.97 bits per heavy atom. The van der Waals surface area contributed by atoms with Gasteiger partial charge in [-0.05, 0) is 49.6 Å². The fraction of sp³-hybridized carbons (Fsp3) is 0.407. The summed E-state index contributed by atoms with van der Waals surface area (Å²) in [5.74, 6) is 0.599. The van der Waals surface area contributed by atoms with Gasteiger partial charge in [-0.2, -0.15) is 13.2 Å². The van der Waals surface area contributed by atoms with Gasteiger partial charge in [0, 0.05) is 12.1 Å². The predicted octanol–water partition coefficient (Wildman–Crippen LogP) is 6.21. The molecule has 1 unspecified atom stereocenters. The van der Waals surface area contributed by atoms with E-state index in [0.29, 0.717) is 48.8 Å². The molecule has 1 saturated heterocycles. The molecular weight excluding hydrogens is 501 g/mol. The fourth-order valence-corrected chi connectivity index (χ4v) is 4.64. The third-order valence-corrected chi connectivity index (χ3v) is 6.23. The highest BCUT2D eigenvalue weighted by Crippen LogP contribution is 2.41.